The van der Waals surface area contributed by atoms with Crippen LogP contribution in [-0.2, 0) is 11.3 Å². The van der Waals surface area contributed by atoms with Crippen LogP contribution in [0.4, 0.5) is 0 Å². The van der Waals surface area contributed by atoms with Gasteiger partial charge in [0.1, 0.15) is 12.1 Å². The topological polar surface area (TPSA) is 99.8 Å². The molecule has 4 aromatic rings. The van der Waals surface area contributed by atoms with Gasteiger partial charge in [-0.3, -0.25) is 4.79 Å². The number of hydrogen-bond acceptors (Lipinski definition) is 6. The zero-order valence-electron chi connectivity index (χ0n) is 15.7. The first kappa shape index (κ1) is 18.4. The number of nitrogens with one attached hydrogen (secondary N) is 1. The number of carbonyl (C=O) groups excluding carboxylic acids is 1. The predicted molar refractivity (Wildman–Crippen MR) is 104 cm³/mol. The molecular formula is C20H19N7O2. The number of tetrazole rings is 1. The largest absolute Gasteiger partial charge is 0.497 e. The van der Waals surface area contributed by atoms with Crippen molar-refractivity contribution >= 4 is 5.91 Å². The first-order valence-electron chi connectivity index (χ1n) is 8.97. The summed E-state index contributed by atoms with van der Waals surface area (Å²) in [5.74, 6) is 0.539. The molecule has 0 saturated carbocycles. The second-order valence-electron chi connectivity index (χ2n) is 6.32. The fourth-order valence-corrected chi connectivity index (χ4v) is 2.98. The molecule has 0 aliphatic heterocycles. The molecule has 9 nitrogen and oxygen atoms in total. The van der Waals surface area contributed by atoms with Gasteiger partial charge in [0, 0.05) is 24.4 Å². The van der Waals surface area contributed by atoms with E-state index >= 15 is 0 Å². The van der Waals surface area contributed by atoms with Crippen LogP contribution in [0, 0.1) is 0 Å². The van der Waals surface area contributed by atoms with E-state index in [2.05, 4.69) is 25.9 Å². The number of rotatable bonds is 7. The average Bonchev–Trinajstić information content (AvgIpc) is 3.46. The molecule has 4 rings (SSSR count). The van der Waals surface area contributed by atoms with Crippen LogP contribution < -0.4 is 10.1 Å². The number of carbonyl (C=O) groups is 1. The summed E-state index contributed by atoms with van der Waals surface area (Å²) in [6.45, 7) is 0.328. The molecule has 1 atom stereocenters. The highest BCUT2D eigenvalue weighted by Gasteiger charge is 2.23. The molecule has 0 unspecified atom stereocenters. The summed E-state index contributed by atoms with van der Waals surface area (Å²) in [7, 11) is 1.62. The highest BCUT2D eigenvalue weighted by atomic mass is 16.5. The van der Waals surface area contributed by atoms with Gasteiger partial charge < -0.3 is 10.1 Å². The molecule has 0 spiro atoms. The lowest BCUT2D eigenvalue weighted by molar-refractivity contribution is -0.123. The molecule has 2 heterocycles. The maximum Gasteiger partial charge on any atom is 0.249 e. The third kappa shape index (κ3) is 4.13. The lowest BCUT2D eigenvalue weighted by Crippen LogP contribution is -2.33. The fraction of sp³-hybridized carbons (Fsp3) is 0.150. The van der Waals surface area contributed by atoms with Crippen LogP contribution >= 0.6 is 0 Å². The Hall–Kier alpha value is -4.01. The third-order valence-electron chi connectivity index (χ3n) is 4.41. The van der Waals surface area contributed by atoms with Crippen LogP contribution in [0.3, 0.4) is 0 Å². The normalized spacial score (nSPS) is 11.8. The SMILES string of the molecule is COc1cccc(-n2cc(CNC(=O)[C@H](c3ccccc3)n3cnnn3)cn2)c1. The van der Waals surface area contributed by atoms with Crippen LogP contribution in [0.25, 0.3) is 5.69 Å². The molecule has 0 bridgehead atoms. The van der Waals surface area contributed by atoms with Gasteiger partial charge in [0.05, 0.1) is 19.0 Å². The van der Waals surface area contributed by atoms with E-state index in [0.717, 1.165) is 22.6 Å². The van der Waals surface area contributed by atoms with Crippen molar-refractivity contribution in [3.63, 3.8) is 0 Å². The summed E-state index contributed by atoms with van der Waals surface area (Å²) in [5, 5.41) is 18.5. The Kier molecular flexibility index (Phi) is 5.28. The second-order valence-corrected chi connectivity index (χ2v) is 6.32. The Bertz CT molecular complexity index is 1080. The molecule has 9 heteroatoms. The highest BCUT2D eigenvalue weighted by Crippen LogP contribution is 2.18. The second kappa shape index (κ2) is 8.34. The smallest absolute Gasteiger partial charge is 0.249 e. The lowest BCUT2D eigenvalue weighted by Gasteiger charge is -2.16. The van der Waals surface area contributed by atoms with E-state index in [-0.39, 0.29) is 5.91 Å². The van der Waals surface area contributed by atoms with Crippen molar-refractivity contribution in [3.8, 4) is 11.4 Å². The van der Waals surface area contributed by atoms with E-state index in [1.807, 2.05) is 60.8 Å². The Balaban J connectivity index is 1.48. The lowest BCUT2D eigenvalue weighted by atomic mass is 10.1. The molecule has 0 radical (unpaired) electrons. The van der Waals surface area contributed by atoms with Gasteiger partial charge in [-0.2, -0.15) is 5.10 Å². The van der Waals surface area contributed by atoms with Gasteiger partial charge in [-0.05, 0) is 28.1 Å². The Morgan fingerprint density at radius 1 is 1.17 bits per heavy atom. The van der Waals surface area contributed by atoms with Gasteiger partial charge in [0.2, 0.25) is 5.91 Å². The van der Waals surface area contributed by atoms with E-state index in [1.165, 1.54) is 11.0 Å². The molecule has 0 aliphatic carbocycles. The van der Waals surface area contributed by atoms with Gasteiger partial charge >= 0.3 is 0 Å². The maximum absolute atomic E-state index is 12.9. The van der Waals surface area contributed by atoms with Crippen LogP contribution in [-0.4, -0.2) is 43.0 Å². The molecule has 0 fully saturated rings. The van der Waals surface area contributed by atoms with E-state index in [9.17, 15) is 4.79 Å². The van der Waals surface area contributed by atoms with Crippen LogP contribution in [0.1, 0.15) is 17.2 Å². The summed E-state index contributed by atoms with van der Waals surface area (Å²) in [4.78, 5) is 12.9. The minimum Gasteiger partial charge on any atom is -0.497 e. The predicted octanol–water partition coefficient (Wildman–Crippen LogP) is 1.77. The van der Waals surface area contributed by atoms with Crippen molar-refractivity contribution in [2.45, 2.75) is 12.6 Å². The van der Waals surface area contributed by atoms with Crippen LogP contribution in [0.5, 0.6) is 5.75 Å². The van der Waals surface area contributed by atoms with Crippen molar-refractivity contribution in [2.75, 3.05) is 7.11 Å². The molecule has 2 aromatic heterocycles. The van der Waals surface area contributed by atoms with Crippen LogP contribution in [0.2, 0.25) is 0 Å². The van der Waals surface area contributed by atoms with Crippen molar-refractivity contribution < 1.29 is 9.53 Å². The molecule has 1 amide bonds. The number of benzene rings is 2. The molecule has 0 saturated heterocycles. The number of amides is 1. The first-order valence-corrected chi connectivity index (χ1v) is 8.97. The average molecular weight is 389 g/mol. The van der Waals surface area contributed by atoms with Gasteiger partial charge in [0.25, 0.3) is 0 Å². The molecule has 29 heavy (non-hydrogen) atoms. The standard InChI is InChI=1S/C20H19N7O2/c1-29-18-9-5-8-17(10-18)26-13-15(12-23-26)11-21-20(28)19(27-14-22-24-25-27)16-6-3-2-4-7-16/h2-10,12-14,19H,11H2,1H3,(H,21,28)/t19-/m0/s1. The Morgan fingerprint density at radius 2 is 2.03 bits per heavy atom. The summed E-state index contributed by atoms with van der Waals surface area (Å²) in [6, 6.07) is 16.3. The summed E-state index contributed by atoms with van der Waals surface area (Å²) in [6.07, 6.45) is 5.01. The van der Waals surface area contributed by atoms with Gasteiger partial charge in [-0.1, -0.05) is 36.4 Å². The zero-order chi connectivity index (χ0) is 20.1. The number of nitrogens with zero attached hydrogens (tertiary/aromatic N) is 6. The van der Waals surface area contributed by atoms with Gasteiger partial charge in [-0.25, -0.2) is 9.36 Å². The quantitative estimate of drug-likeness (QED) is 0.517. The van der Waals surface area contributed by atoms with E-state index < -0.39 is 6.04 Å². The molecule has 146 valence electrons. The number of hydrogen-bond donors (Lipinski definition) is 1. The van der Waals surface area contributed by atoms with Crippen molar-refractivity contribution in [3.05, 3.63) is 84.4 Å². The summed E-state index contributed by atoms with van der Waals surface area (Å²) >= 11 is 0. The number of aromatic nitrogens is 6. The fourth-order valence-electron chi connectivity index (χ4n) is 2.98. The van der Waals surface area contributed by atoms with Crippen molar-refractivity contribution in [2.24, 2.45) is 0 Å². The van der Waals surface area contributed by atoms with E-state index in [1.54, 1.807) is 18.0 Å². The third-order valence-corrected chi connectivity index (χ3v) is 4.41. The van der Waals surface area contributed by atoms with Crippen molar-refractivity contribution in [1.29, 1.82) is 0 Å². The molecule has 0 aliphatic rings. The maximum atomic E-state index is 12.9. The number of ether oxygens (including phenoxy) is 1. The molecular weight excluding hydrogens is 370 g/mol. The highest BCUT2D eigenvalue weighted by molar-refractivity contribution is 5.83. The van der Waals surface area contributed by atoms with Gasteiger partial charge in [0.15, 0.2) is 6.04 Å². The first-order chi connectivity index (χ1) is 14.2. The Morgan fingerprint density at radius 3 is 2.79 bits per heavy atom. The van der Waals surface area contributed by atoms with Crippen molar-refractivity contribution in [1.82, 2.24) is 35.3 Å². The van der Waals surface area contributed by atoms with Gasteiger partial charge in [-0.15, -0.1) is 5.10 Å². The minimum absolute atomic E-state index is 0.211. The summed E-state index contributed by atoms with van der Waals surface area (Å²) < 4.78 is 8.42. The number of methoxy groups -OCH3 is 1. The van der Waals surface area contributed by atoms with Crippen LogP contribution in [0.15, 0.2) is 73.3 Å². The van der Waals surface area contributed by atoms with E-state index in [4.69, 9.17) is 4.74 Å². The molecule has 1 N–H and O–H groups in total. The Labute approximate surface area is 166 Å². The zero-order valence-corrected chi connectivity index (χ0v) is 15.7. The summed E-state index contributed by atoms with van der Waals surface area (Å²) in [5.41, 5.74) is 2.53. The minimum atomic E-state index is -0.653. The monoisotopic (exact) mass is 389 g/mol. The molecule has 2 aromatic carbocycles. The van der Waals surface area contributed by atoms with E-state index in [0.29, 0.717) is 6.54 Å².